The second-order valence-corrected chi connectivity index (χ2v) is 4.95. The van der Waals surface area contributed by atoms with Gasteiger partial charge in [0.15, 0.2) is 0 Å². The van der Waals surface area contributed by atoms with E-state index in [1.807, 2.05) is 0 Å². The molecule has 3 atom stereocenters. The zero-order valence-corrected chi connectivity index (χ0v) is 10.1. The van der Waals surface area contributed by atoms with E-state index in [-0.39, 0.29) is 23.8 Å². The highest BCUT2D eigenvalue weighted by atomic mass is 16.7. The predicted octanol–water partition coefficient (Wildman–Crippen LogP) is 1.01. The molecule has 2 fully saturated rings. The van der Waals surface area contributed by atoms with E-state index in [9.17, 15) is 9.59 Å². The van der Waals surface area contributed by atoms with Crippen molar-refractivity contribution < 1.29 is 19.1 Å². The molecule has 1 N–H and O–H groups in total. The largest absolute Gasteiger partial charge is 0.458 e. The molecule has 18 heavy (non-hydrogen) atoms. The van der Waals surface area contributed by atoms with E-state index in [0.717, 1.165) is 19.3 Å². The van der Waals surface area contributed by atoms with Crippen LogP contribution in [-0.2, 0) is 19.1 Å². The van der Waals surface area contributed by atoms with E-state index >= 15 is 0 Å². The van der Waals surface area contributed by atoms with E-state index in [2.05, 4.69) is 5.32 Å². The van der Waals surface area contributed by atoms with Crippen LogP contribution >= 0.6 is 0 Å². The van der Waals surface area contributed by atoms with Crippen LogP contribution in [0.5, 0.6) is 0 Å². The van der Waals surface area contributed by atoms with Crippen molar-refractivity contribution in [3.8, 4) is 0 Å². The molecule has 0 spiro atoms. The normalized spacial score (nSPS) is 36.4. The molecule has 1 amide bonds. The van der Waals surface area contributed by atoms with E-state index in [1.54, 1.807) is 13.0 Å². The Morgan fingerprint density at radius 2 is 2.28 bits per heavy atom. The number of rotatable bonds is 2. The van der Waals surface area contributed by atoms with Crippen LogP contribution in [0.1, 0.15) is 26.2 Å². The number of ether oxygens (including phenoxy) is 2. The molecule has 2 heterocycles. The summed E-state index contributed by atoms with van der Waals surface area (Å²) in [6, 6.07) is 0.260. The molecule has 3 rings (SSSR count). The molecule has 96 valence electrons. The number of carbonyl (C=O) groups is 2. The molecule has 2 aliphatic heterocycles. The fraction of sp³-hybridized carbons (Fsp3) is 0.538. The zero-order chi connectivity index (χ0) is 12.7. The maximum atomic E-state index is 11.7. The Balaban J connectivity index is 1.69. The van der Waals surface area contributed by atoms with Gasteiger partial charge in [0.2, 0.25) is 0 Å². The smallest absolute Gasteiger partial charge is 0.336 e. The van der Waals surface area contributed by atoms with Gasteiger partial charge in [-0.05, 0) is 19.8 Å². The SMILES string of the molecule is CC1=CC(OC=C2C(=O)NC3CCCC23)OC1=O. The van der Waals surface area contributed by atoms with Crippen molar-refractivity contribution in [2.24, 2.45) is 5.92 Å². The number of carbonyl (C=O) groups excluding carboxylic acids is 2. The lowest BCUT2D eigenvalue weighted by molar-refractivity contribution is -0.152. The summed E-state index contributed by atoms with van der Waals surface area (Å²) in [5.74, 6) is -0.178. The molecule has 3 aliphatic rings. The van der Waals surface area contributed by atoms with Gasteiger partial charge in [-0.15, -0.1) is 0 Å². The minimum Gasteiger partial charge on any atom is -0.458 e. The number of esters is 1. The van der Waals surface area contributed by atoms with E-state index in [0.29, 0.717) is 11.1 Å². The molecule has 5 heteroatoms. The van der Waals surface area contributed by atoms with Gasteiger partial charge in [-0.1, -0.05) is 6.42 Å². The topological polar surface area (TPSA) is 64.6 Å². The van der Waals surface area contributed by atoms with Gasteiger partial charge in [-0.2, -0.15) is 0 Å². The third-order valence-corrected chi connectivity index (χ3v) is 3.75. The van der Waals surface area contributed by atoms with Crippen molar-refractivity contribution in [2.45, 2.75) is 38.5 Å². The molecule has 3 unspecified atom stereocenters. The number of hydrogen-bond acceptors (Lipinski definition) is 4. The summed E-state index contributed by atoms with van der Waals surface area (Å²) in [6.07, 6.45) is 5.54. The standard InChI is InChI=1S/C13H15NO4/c1-7-5-11(18-13(7)16)17-6-9-8-3-2-4-10(8)14-12(9)15/h5-6,8,10-11H,2-4H2,1H3,(H,14,15). The van der Waals surface area contributed by atoms with Crippen LogP contribution < -0.4 is 5.32 Å². The Morgan fingerprint density at radius 1 is 1.44 bits per heavy atom. The Hall–Kier alpha value is -1.78. The van der Waals surface area contributed by atoms with Gasteiger partial charge < -0.3 is 14.8 Å². The lowest BCUT2D eigenvalue weighted by Gasteiger charge is -2.10. The summed E-state index contributed by atoms with van der Waals surface area (Å²) in [5, 5.41) is 2.95. The Morgan fingerprint density at radius 3 is 3.00 bits per heavy atom. The van der Waals surface area contributed by atoms with E-state index in [4.69, 9.17) is 9.47 Å². The number of cyclic esters (lactones) is 1. The Bertz CT molecular complexity index is 466. The second kappa shape index (κ2) is 4.15. The van der Waals surface area contributed by atoms with Gasteiger partial charge in [0.1, 0.15) is 0 Å². The molecule has 5 nitrogen and oxygen atoms in total. The summed E-state index contributed by atoms with van der Waals surface area (Å²) < 4.78 is 10.3. The van der Waals surface area contributed by atoms with Crippen LogP contribution in [-0.4, -0.2) is 24.2 Å². The maximum absolute atomic E-state index is 11.7. The van der Waals surface area contributed by atoms with Gasteiger partial charge in [0.05, 0.1) is 11.8 Å². The molecule has 0 aromatic heterocycles. The summed E-state index contributed by atoms with van der Waals surface area (Å²) >= 11 is 0. The van der Waals surface area contributed by atoms with Crippen molar-refractivity contribution in [1.29, 1.82) is 0 Å². The second-order valence-electron chi connectivity index (χ2n) is 4.95. The highest BCUT2D eigenvalue weighted by Crippen LogP contribution is 2.36. The lowest BCUT2D eigenvalue weighted by atomic mass is 10.00. The quantitative estimate of drug-likeness (QED) is 0.451. The van der Waals surface area contributed by atoms with Crippen LogP contribution in [0.2, 0.25) is 0 Å². The number of fused-ring (bicyclic) bond motifs is 1. The van der Waals surface area contributed by atoms with E-state index < -0.39 is 6.29 Å². The Labute approximate surface area is 105 Å². The van der Waals surface area contributed by atoms with E-state index in [1.165, 1.54) is 6.26 Å². The molecule has 1 saturated carbocycles. The van der Waals surface area contributed by atoms with Crippen molar-refractivity contribution >= 4 is 11.9 Å². The van der Waals surface area contributed by atoms with Crippen LogP contribution in [0.15, 0.2) is 23.5 Å². The molecule has 0 radical (unpaired) electrons. The molecule has 1 saturated heterocycles. The lowest BCUT2D eigenvalue weighted by Crippen LogP contribution is -2.25. The molecular weight excluding hydrogens is 234 g/mol. The third-order valence-electron chi connectivity index (χ3n) is 3.75. The van der Waals surface area contributed by atoms with Crippen LogP contribution in [0.25, 0.3) is 0 Å². The molecule has 0 aromatic carbocycles. The van der Waals surface area contributed by atoms with Crippen LogP contribution in [0.4, 0.5) is 0 Å². The highest BCUT2D eigenvalue weighted by Gasteiger charge is 2.40. The highest BCUT2D eigenvalue weighted by molar-refractivity contribution is 5.96. The first-order chi connectivity index (χ1) is 8.65. The maximum Gasteiger partial charge on any atom is 0.336 e. The van der Waals surface area contributed by atoms with Crippen molar-refractivity contribution in [1.82, 2.24) is 5.32 Å². The van der Waals surface area contributed by atoms with Crippen molar-refractivity contribution in [3.63, 3.8) is 0 Å². The molecule has 0 aromatic rings. The number of nitrogens with one attached hydrogen (secondary N) is 1. The van der Waals surface area contributed by atoms with Gasteiger partial charge in [0.25, 0.3) is 12.2 Å². The number of amides is 1. The predicted molar refractivity (Wildman–Crippen MR) is 62.1 cm³/mol. The van der Waals surface area contributed by atoms with Crippen LogP contribution in [0.3, 0.4) is 0 Å². The molecule has 1 aliphatic carbocycles. The van der Waals surface area contributed by atoms with Crippen molar-refractivity contribution in [2.75, 3.05) is 0 Å². The zero-order valence-electron chi connectivity index (χ0n) is 10.1. The molecule has 0 bridgehead atoms. The molecular formula is C13H15NO4. The third kappa shape index (κ3) is 1.79. The average molecular weight is 249 g/mol. The number of hydrogen-bond donors (Lipinski definition) is 1. The van der Waals surface area contributed by atoms with Gasteiger partial charge >= 0.3 is 5.97 Å². The first-order valence-electron chi connectivity index (χ1n) is 6.21. The minimum atomic E-state index is -0.696. The fourth-order valence-electron chi connectivity index (χ4n) is 2.78. The summed E-state index contributed by atoms with van der Waals surface area (Å²) in [5.41, 5.74) is 1.21. The minimum absolute atomic E-state index is 0.0604. The first-order valence-corrected chi connectivity index (χ1v) is 6.21. The van der Waals surface area contributed by atoms with Gasteiger partial charge in [-0.3, -0.25) is 4.79 Å². The van der Waals surface area contributed by atoms with Crippen molar-refractivity contribution in [3.05, 3.63) is 23.5 Å². The summed E-state index contributed by atoms with van der Waals surface area (Å²) in [6.45, 7) is 1.67. The first kappa shape index (κ1) is 11.3. The Kier molecular flexibility index (Phi) is 2.61. The van der Waals surface area contributed by atoms with Gasteiger partial charge in [0, 0.05) is 23.6 Å². The van der Waals surface area contributed by atoms with Crippen LogP contribution in [0, 0.1) is 5.92 Å². The summed E-state index contributed by atoms with van der Waals surface area (Å²) in [7, 11) is 0. The monoisotopic (exact) mass is 249 g/mol. The van der Waals surface area contributed by atoms with Gasteiger partial charge in [-0.25, -0.2) is 4.79 Å². The average Bonchev–Trinajstić information content (AvgIpc) is 2.94. The fourth-order valence-corrected chi connectivity index (χ4v) is 2.78. The summed E-state index contributed by atoms with van der Waals surface area (Å²) in [4.78, 5) is 22.9.